The molecule has 1 saturated heterocycles. The molecule has 2 aromatic heterocycles. The molecule has 1 unspecified atom stereocenters. The number of rotatable bonds is 5. The third-order valence-corrected chi connectivity index (χ3v) is 4.36. The lowest BCUT2D eigenvalue weighted by molar-refractivity contribution is -0.121. The van der Waals surface area contributed by atoms with Crippen LogP contribution in [0.3, 0.4) is 0 Å². The molecule has 2 amide bonds. The van der Waals surface area contributed by atoms with Crippen LogP contribution in [0.25, 0.3) is 5.82 Å². The maximum absolute atomic E-state index is 12.8. The Labute approximate surface area is 144 Å². The van der Waals surface area contributed by atoms with Crippen molar-refractivity contribution in [2.75, 3.05) is 20.2 Å². The summed E-state index contributed by atoms with van der Waals surface area (Å²) in [7, 11) is 1.52. The van der Waals surface area contributed by atoms with Crippen LogP contribution in [0.4, 0.5) is 0 Å². The van der Waals surface area contributed by atoms with Crippen molar-refractivity contribution in [3.63, 3.8) is 0 Å². The van der Waals surface area contributed by atoms with Crippen molar-refractivity contribution in [2.24, 2.45) is 11.7 Å². The van der Waals surface area contributed by atoms with E-state index in [2.05, 4.69) is 15.3 Å². The molecule has 2 aromatic rings. The Balaban J connectivity index is 1.86. The van der Waals surface area contributed by atoms with Crippen LogP contribution in [-0.4, -0.2) is 56.9 Å². The molecule has 9 heteroatoms. The predicted octanol–water partition coefficient (Wildman–Crippen LogP) is 0.181. The molecule has 1 aliphatic rings. The summed E-state index contributed by atoms with van der Waals surface area (Å²) in [6.45, 7) is 2.81. The number of aromatic nitrogens is 4. The second-order valence-electron chi connectivity index (χ2n) is 5.84. The molecule has 1 aliphatic heterocycles. The average molecular weight is 344 g/mol. The molecule has 25 heavy (non-hydrogen) atoms. The van der Waals surface area contributed by atoms with Gasteiger partial charge in [0.2, 0.25) is 11.8 Å². The van der Waals surface area contributed by atoms with Gasteiger partial charge in [-0.05, 0) is 18.9 Å². The molecule has 3 rings (SSSR count). The van der Waals surface area contributed by atoms with Crippen LogP contribution in [0, 0.1) is 5.92 Å². The molecular formula is C16H20N6O3. The van der Waals surface area contributed by atoms with E-state index in [9.17, 15) is 9.59 Å². The van der Waals surface area contributed by atoms with Crippen LogP contribution >= 0.6 is 0 Å². The standard InChI is InChI=1S/C16H20N6O3/c1-3-12-11(16(24)21-7-6-10(9-21)15(17)23)8-18-22(12)13-4-5-14(25-2)20-19-13/h4-5,8,10H,3,6-7,9H2,1-2H3,(H2,17,23). The lowest BCUT2D eigenvalue weighted by Crippen LogP contribution is -2.32. The lowest BCUT2D eigenvalue weighted by atomic mass is 10.1. The van der Waals surface area contributed by atoms with Gasteiger partial charge in [-0.2, -0.15) is 5.10 Å². The summed E-state index contributed by atoms with van der Waals surface area (Å²) in [5.74, 6) is 0.119. The summed E-state index contributed by atoms with van der Waals surface area (Å²) in [5.41, 5.74) is 6.59. The van der Waals surface area contributed by atoms with Gasteiger partial charge in [0.15, 0.2) is 5.82 Å². The van der Waals surface area contributed by atoms with E-state index in [1.165, 1.54) is 13.3 Å². The summed E-state index contributed by atoms with van der Waals surface area (Å²) < 4.78 is 6.60. The van der Waals surface area contributed by atoms with E-state index in [1.54, 1.807) is 21.7 Å². The largest absolute Gasteiger partial charge is 0.480 e. The molecule has 2 N–H and O–H groups in total. The number of hydrogen-bond acceptors (Lipinski definition) is 6. The van der Waals surface area contributed by atoms with E-state index in [4.69, 9.17) is 10.5 Å². The second-order valence-corrected chi connectivity index (χ2v) is 5.84. The number of nitrogens with zero attached hydrogens (tertiary/aromatic N) is 5. The topological polar surface area (TPSA) is 116 Å². The van der Waals surface area contributed by atoms with Crippen molar-refractivity contribution in [2.45, 2.75) is 19.8 Å². The Morgan fingerprint density at radius 1 is 1.36 bits per heavy atom. The summed E-state index contributed by atoms with van der Waals surface area (Å²) in [5, 5.41) is 12.3. The molecule has 0 radical (unpaired) electrons. The first kappa shape index (κ1) is 16.9. The van der Waals surface area contributed by atoms with Gasteiger partial charge in [-0.1, -0.05) is 6.92 Å². The van der Waals surface area contributed by atoms with Crippen molar-refractivity contribution < 1.29 is 14.3 Å². The minimum atomic E-state index is -0.366. The molecule has 0 bridgehead atoms. The lowest BCUT2D eigenvalue weighted by Gasteiger charge is -2.16. The van der Waals surface area contributed by atoms with Crippen molar-refractivity contribution in [3.8, 4) is 11.7 Å². The van der Waals surface area contributed by atoms with E-state index in [0.29, 0.717) is 43.2 Å². The van der Waals surface area contributed by atoms with E-state index >= 15 is 0 Å². The number of carbonyl (C=O) groups excluding carboxylic acids is 2. The van der Waals surface area contributed by atoms with Gasteiger partial charge in [0, 0.05) is 19.2 Å². The van der Waals surface area contributed by atoms with E-state index in [0.717, 1.165) is 5.69 Å². The van der Waals surface area contributed by atoms with Gasteiger partial charge in [0.25, 0.3) is 5.91 Å². The summed E-state index contributed by atoms with van der Waals surface area (Å²) >= 11 is 0. The number of carbonyl (C=O) groups is 2. The number of methoxy groups -OCH3 is 1. The fourth-order valence-electron chi connectivity index (χ4n) is 2.97. The maximum Gasteiger partial charge on any atom is 0.257 e. The predicted molar refractivity (Wildman–Crippen MR) is 88.3 cm³/mol. The average Bonchev–Trinajstić information content (AvgIpc) is 3.28. The van der Waals surface area contributed by atoms with Gasteiger partial charge < -0.3 is 15.4 Å². The first-order chi connectivity index (χ1) is 12.0. The highest BCUT2D eigenvalue weighted by Crippen LogP contribution is 2.22. The summed E-state index contributed by atoms with van der Waals surface area (Å²) in [4.78, 5) is 25.8. The van der Waals surface area contributed by atoms with Crippen LogP contribution in [0.2, 0.25) is 0 Å². The van der Waals surface area contributed by atoms with Gasteiger partial charge in [-0.15, -0.1) is 10.2 Å². The zero-order valence-electron chi connectivity index (χ0n) is 14.2. The number of likely N-dealkylation sites (tertiary alicyclic amines) is 1. The molecule has 0 aromatic carbocycles. The van der Waals surface area contributed by atoms with Gasteiger partial charge in [-0.3, -0.25) is 9.59 Å². The monoisotopic (exact) mass is 344 g/mol. The number of ether oxygens (including phenoxy) is 1. The highest BCUT2D eigenvalue weighted by molar-refractivity contribution is 5.96. The minimum absolute atomic E-state index is 0.145. The maximum atomic E-state index is 12.8. The quantitative estimate of drug-likeness (QED) is 0.827. The van der Waals surface area contributed by atoms with Gasteiger partial charge in [0.1, 0.15) is 0 Å². The highest BCUT2D eigenvalue weighted by atomic mass is 16.5. The smallest absolute Gasteiger partial charge is 0.257 e. The first-order valence-corrected chi connectivity index (χ1v) is 8.08. The first-order valence-electron chi connectivity index (χ1n) is 8.08. The molecule has 0 saturated carbocycles. The zero-order chi connectivity index (χ0) is 18.0. The van der Waals surface area contributed by atoms with Crippen LogP contribution < -0.4 is 10.5 Å². The van der Waals surface area contributed by atoms with Gasteiger partial charge in [0.05, 0.1) is 30.5 Å². The Kier molecular flexibility index (Phi) is 4.64. The molecule has 1 fully saturated rings. The van der Waals surface area contributed by atoms with Gasteiger partial charge in [-0.25, -0.2) is 4.68 Å². The Morgan fingerprint density at radius 3 is 2.72 bits per heavy atom. The number of hydrogen-bond donors (Lipinski definition) is 1. The molecule has 0 spiro atoms. The molecule has 0 aliphatic carbocycles. The molecule has 9 nitrogen and oxygen atoms in total. The highest BCUT2D eigenvalue weighted by Gasteiger charge is 2.32. The number of nitrogens with two attached hydrogens (primary N) is 1. The van der Waals surface area contributed by atoms with Crippen LogP contribution in [-0.2, 0) is 11.2 Å². The Bertz CT molecular complexity index is 786. The summed E-state index contributed by atoms with van der Waals surface area (Å²) in [6, 6.07) is 3.41. The van der Waals surface area contributed by atoms with E-state index in [-0.39, 0.29) is 17.7 Å². The van der Waals surface area contributed by atoms with Crippen molar-refractivity contribution in [3.05, 3.63) is 29.6 Å². The Hall–Kier alpha value is -2.97. The van der Waals surface area contributed by atoms with Crippen LogP contribution in [0.1, 0.15) is 29.4 Å². The zero-order valence-corrected chi connectivity index (χ0v) is 14.2. The SMILES string of the molecule is CCc1c(C(=O)N2CCC(C(N)=O)C2)cnn1-c1ccc(OC)nn1. The van der Waals surface area contributed by atoms with E-state index < -0.39 is 0 Å². The Morgan fingerprint density at radius 2 is 2.16 bits per heavy atom. The molecular weight excluding hydrogens is 324 g/mol. The van der Waals surface area contributed by atoms with Crippen molar-refractivity contribution in [1.29, 1.82) is 0 Å². The number of primary amides is 1. The third-order valence-electron chi connectivity index (χ3n) is 4.36. The third kappa shape index (κ3) is 3.17. The molecule has 132 valence electrons. The second kappa shape index (κ2) is 6.88. The van der Waals surface area contributed by atoms with Crippen molar-refractivity contribution >= 4 is 11.8 Å². The fourth-order valence-corrected chi connectivity index (χ4v) is 2.97. The van der Waals surface area contributed by atoms with Crippen LogP contribution in [0.5, 0.6) is 5.88 Å². The minimum Gasteiger partial charge on any atom is -0.480 e. The molecule has 3 heterocycles. The van der Waals surface area contributed by atoms with Crippen LogP contribution in [0.15, 0.2) is 18.3 Å². The normalized spacial score (nSPS) is 16.9. The summed E-state index contributed by atoms with van der Waals surface area (Å²) in [6.07, 6.45) is 2.73. The number of amides is 2. The van der Waals surface area contributed by atoms with Crippen molar-refractivity contribution in [1.82, 2.24) is 24.9 Å². The van der Waals surface area contributed by atoms with E-state index in [1.807, 2.05) is 6.92 Å². The van der Waals surface area contributed by atoms with Gasteiger partial charge >= 0.3 is 0 Å². The fraction of sp³-hybridized carbons (Fsp3) is 0.438. The molecule has 1 atom stereocenters.